The van der Waals surface area contributed by atoms with Crippen molar-refractivity contribution in [1.82, 2.24) is 31.5 Å². The number of benzene rings is 2. The zero-order valence-electron chi connectivity index (χ0n) is 35.9. The summed E-state index contributed by atoms with van der Waals surface area (Å²) in [6, 6.07) is 13.5. The lowest BCUT2D eigenvalue weighted by Gasteiger charge is -2.31. The quantitative estimate of drug-likeness (QED) is 0.0903. The molecule has 5 atom stereocenters. The normalized spacial score (nSPS) is 15.8. The molecule has 7 amide bonds. The van der Waals surface area contributed by atoms with Gasteiger partial charge in [-0.3, -0.25) is 28.8 Å². The minimum atomic E-state index is -1.09. The smallest absolute Gasteiger partial charge is 0.407 e. The summed E-state index contributed by atoms with van der Waals surface area (Å²) < 4.78 is 5.25. The van der Waals surface area contributed by atoms with E-state index in [4.69, 9.17) is 10.5 Å². The molecule has 1 heterocycles. The molecule has 1 saturated heterocycles. The van der Waals surface area contributed by atoms with E-state index in [0.29, 0.717) is 44.4 Å². The van der Waals surface area contributed by atoms with Crippen LogP contribution in [0, 0.1) is 5.92 Å². The predicted molar refractivity (Wildman–Crippen MR) is 232 cm³/mol. The Kier molecular flexibility index (Phi) is 20.4. The fraction of sp³-hybridized carbons (Fsp3) is 0.568. The lowest BCUT2D eigenvalue weighted by molar-refractivity contribution is -0.142. The van der Waals surface area contributed by atoms with Crippen molar-refractivity contribution >= 4 is 53.3 Å². The maximum absolute atomic E-state index is 14.5. The first kappa shape index (κ1) is 49.2. The van der Waals surface area contributed by atoms with Gasteiger partial charge in [-0.1, -0.05) is 74.5 Å². The number of alkyl carbamates (subject to hydrolysis) is 1. The second-order valence-electron chi connectivity index (χ2n) is 16.6. The summed E-state index contributed by atoms with van der Waals surface area (Å²) in [5.74, 6) is -2.49. The van der Waals surface area contributed by atoms with E-state index in [1.165, 1.54) is 16.7 Å². The molecule has 1 aliphatic rings. The van der Waals surface area contributed by atoms with Gasteiger partial charge < -0.3 is 42.0 Å². The van der Waals surface area contributed by atoms with E-state index in [-0.39, 0.29) is 44.1 Å². The van der Waals surface area contributed by atoms with Gasteiger partial charge in [0.25, 0.3) is 0 Å². The Morgan fingerprint density at radius 1 is 0.800 bits per heavy atom. The van der Waals surface area contributed by atoms with Crippen molar-refractivity contribution in [2.75, 3.05) is 25.1 Å². The Labute approximate surface area is 358 Å². The summed E-state index contributed by atoms with van der Waals surface area (Å²) in [4.78, 5) is 94.9. The number of unbranched alkanes of at least 4 members (excludes halogenated alkanes) is 1. The molecule has 0 saturated carbocycles. The number of carbonyl (C=O) groups is 7. The minimum absolute atomic E-state index is 0.0107. The molecule has 2 aromatic rings. The highest BCUT2D eigenvalue weighted by molar-refractivity contribution is 7.98. The Hall–Kier alpha value is -5.12. The van der Waals surface area contributed by atoms with Crippen LogP contribution in [0.2, 0.25) is 0 Å². The minimum Gasteiger partial charge on any atom is -0.444 e. The van der Waals surface area contributed by atoms with Crippen LogP contribution in [-0.4, -0.2) is 107 Å². The van der Waals surface area contributed by atoms with Crippen LogP contribution in [-0.2, 0) is 46.3 Å². The molecule has 0 radical (unpaired) electrons. The average Bonchev–Trinajstić information content (AvgIpc) is 3.68. The number of nitrogens with two attached hydrogens (primary N) is 1. The number of nitrogens with one attached hydrogen (secondary N) is 5. The van der Waals surface area contributed by atoms with Crippen LogP contribution in [0.25, 0.3) is 0 Å². The monoisotopic (exact) mass is 851 g/mol. The number of likely N-dealkylation sites (tertiary alicyclic amines) is 1. The van der Waals surface area contributed by atoms with Crippen LogP contribution >= 0.6 is 11.8 Å². The maximum Gasteiger partial charge on any atom is 0.407 e. The van der Waals surface area contributed by atoms with Crippen LogP contribution in [0.3, 0.4) is 0 Å². The zero-order valence-corrected chi connectivity index (χ0v) is 36.7. The highest BCUT2D eigenvalue weighted by Gasteiger charge is 2.40. The Bertz CT molecular complexity index is 1720. The van der Waals surface area contributed by atoms with Crippen LogP contribution in [0.1, 0.15) is 90.7 Å². The number of hydrogen-bond acceptors (Lipinski definition) is 9. The summed E-state index contributed by atoms with van der Waals surface area (Å²) in [6.45, 7) is 9.71. The van der Waals surface area contributed by atoms with Crippen LogP contribution in [0.4, 0.5) is 4.79 Å². The Morgan fingerprint density at radius 2 is 1.38 bits per heavy atom. The molecule has 0 bridgehead atoms. The number of nitrogens with zero attached hydrogens (tertiary/aromatic N) is 1. The van der Waals surface area contributed by atoms with Gasteiger partial charge in [0.2, 0.25) is 35.4 Å². The summed E-state index contributed by atoms with van der Waals surface area (Å²) in [6.07, 6.45) is 4.17. The van der Waals surface area contributed by atoms with E-state index in [2.05, 4.69) is 26.6 Å². The molecular formula is C44H65N7O8S. The first-order valence-electron chi connectivity index (χ1n) is 20.8. The van der Waals surface area contributed by atoms with E-state index in [1.807, 2.05) is 80.8 Å². The van der Waals surface area contributed by atoms with E-state index in [9.17, 15) is 33.6 Å². The van der Waals surface area contributed by atoms with Gasteiger partial charge in [-0.2, -0.15) is 11.8 Å². The molecule has 3 rings (SSSR count). The number of hydrogen-bond donors (Lipinski definition) is 6. The molecule has 0 aliphatic carbocycles. The second-order valence-corrected chi connectivity index (χ2v) is 17.6. The van der Waals surface area contributed by atoms with Gasteiger partial charge in [0.1, 0.15) is 35.8 Å². The highest BCUT2D eigenvalue weighted by Crippen LogP contribution is 2.21. The molecule has 1 aliphatic heterocycles. The van der Waals surface area contributed by atoms with Crippen LogP contribution in [0.5, 0.6) is 0 Å². The molecule has 1 fully saturated rings. The standard InChI is InChI=1S/C44H65N7O8S/c1-29(2)26-33(39(54)48-32(38(45)53)22-25-60-6)49-41(56)36-20-15-24-51(36)42(57)35(28-31-18-11-8-12-19-31)50-40(55)34(27-30-16-9-7-10-17-30)47-37(52)21-13-14-23-46-43(58)59-44(3,4)5/h7-12,16-19,29,32-36H,13-15,20-28H2,1-6H3,(H2,45,53)(H,46,58)(H,47,52)(H,48,54)(H,49,56)(H,50,55)/t32-,33-,34-,35-,36+/m0/s1. The molecular weight excluding hydrogens is 787 g/mol. The number of primary amides is 1. The molecule has 0 unspecified atom stereocenters. The third-order valence-corrected chi connectivity index (χ3v) is 10.4. The van der Waals surface area contributed by atoms with Gasteiger partial charge in [0.05, 0.1) is 0 Å². The van der Waals surface area contributed by atoms with Crippen molar-refractivity contribution in [2.24, 2.45) is 11.7 Å². The van der Waals surface area contributed by atoms with Crippen molar-refractivity contribution in [3.05, 3.63) is 71.8 Å². The van der Waals surface area contributed by atoms with Crippen molar-refractivity contribution < 1.29 is 38.3 Å². The largest absolute Gasteiger partial charge is 0.444 e. The number of rotatable bonds is 23. The van der Waals surface area contributed by atoms with E-state index >= 15 is 0 Å². The average molecular weight is 852 g/mol. The molecule has 7 N–H and O–H groups in total. The lowest BCUT2D eigenvalue weighted by Crippen LogP contribution is -2.59. The summed E-state index contributed by atoms with van der Waals surface area (Å²) >= 11 is 1.52. The molecule has 0 spiro atoms. The number of thioether (sulfide) groups is 1. The summed E-state index contributed by atoms with van der Waals surface area (Å²) in [7, 11) is 0. The van der Waals surface area contributed by atoms with E-state index < -0.39 is 71.4 Å². The third kappa shape index (κ3) is 17.6. The van der Waals surface area contributed by atoms with Crippen molar-refractivity contribution in [3.8, 4) is 0 Å². The van der Waals surface area contributed by atoms with Gasteiger partial charge in [-0.25, -0.2) is 4.79 Å². The second kappa shape index (κ2) is 24.8. The zero-order chi connectivity index (χ0) is 44.2. The van der Waals surface area contributed by atoms with Gasteiger partial charge in [-0.05, 0) is 88.3 Å². The Balaban J connectivity index is 1.78. The SMILES string of the molecule is CSCC[C@H](NC(=O)[C@H](CC(C)C)NC(=O)[C@H]1CCCN1C(=O)[C@H](Cc1ccccc1)NC(=O)[C@H](Cc1ccccc1)NC(=O)CCCCNC(=O)OC(C)(C)C)C(N)=O. The molecule has 16 heteroatoms. The van der Waals surface area contributed by atoms with Crippen molar-refractivity contribution in [2.45, 2.75) is 128 Å². The highest BCUT2D eigenvalue weighted by atomic mass is 32.2. The first-order valence-corrected chi connectivity index (χ1v) is 22.2. The summed E-state index contributed by atoms with van der Waals surface area (Å²) in [5, 5.41) is 14.0. The number of ether oxygens (including phenoxy) is 1. The third-order valence-electron chi connectivity index (χ3n) is 9.78. The summed E-state index contributed by atoms with van der Waals surface area (Å²) in [5.41, 5.74) is 6.52. The van der Waals surface area contributed by atoms with Crippen molar-refractivity contribution in [3.63, 3.8) is 0 Å². The molecule has 0 aromatic heterocycles. The van der Waals surface area contributed by atoms with E-state index in [1.54, 1.807) is 20.8 Å². The van der Waals surface area contributed by atoms with Crippen LogP contribution < -0.4 is 32.3 Å². The maximum atomic E-state index is 14.5. The van der Waals surface area contributed by atoms with Gasteiger partial charge in [0.15, 0.2) is 0 Å². The molecule has 2 aromatic carbocycles. The van der Waals surface area contributed by atoms with Gasteiger partial charge >= 0.3 is 6.09 Å². The number of amides is 7. The van der Waals surface area contributed by atoms with E-state index in [0.717, 1.165) is 11.1 Å². The molecule has 330 valence electrons. The predicted octanol–water partition coefficient (Wildman–Crippen LogP) is 3.38. The molecule has 15 nitrogen and oxygen atoms in total. The Morgan fingerprint density at radius 3 is 1.95 bits per heavy atom. The first-order chi connectivity index (χ1) is 28.5. The van der Waals surface area contributed by atoms with Gasteiger partial charge in [-0.15, -0.1) is 0 Å². The number of carbonyl (C=O) groups excluding carboxylic acids is 7. The fourth-order valence-corrected chi connectivity index (χ4v) is 7.30. The van der Waals surface area contributed by atoms with Crippen molar-refractivity contribution in [1.29, 1.82) is 0 Å². The van der Waals surface area contributed by atoms with Crippen LogP contribution in [0.15, 0.2) is 60.7 Å². The molecule has 60 heavy (non-hydrogen) atoms. The van der Waals surface area contributed by atoms with Gasteiger partial charge in [0, 0.05) is 32.4 Å². The fourth-order valence-electron chi connectivity index (χ4n) is 6.83. The lowest BCUT2D eigenvalue weighted by atomic mass is 10.0. The topological polar surface area (TPSA) is 218 Å².